The standard InChI is InChI=1S/C26H31N5O3S2/c1-5-10-31-21(13-34-18-8-7-16(3)17(4)12-18)29-30-26(31)35-14-22(32)28-25-23(24(27)33)19-9-6-15(2)11-20(19)36-25/h5,7-8,12,15H,1,6,9-11,13-14H2,2-4H3,(H2,27,33)(H,28,32). The number of carbonyl (C=O) groups excluding carboxylic acids is 2. The van der Waals surface area contributed by atoms with Gasteiger partial charge < -0.3 is 15.8 Å². The Morgan fingerprint density at radius 2 is 2.14 bits per heavy atom. The van der Waals surface area contributed by atoms with Crippen molar-refractivity contribution in [1.82, 2.24) is 14.8 Å². The van der Waals surface area contributed by atoms with Crippen molar-refractivity contribution in [2.24, 2.45) is 11.7 Å². The molecule has 0 saturated heterocycles. The number of anilines is 1. The molecule has 190 valence electrons. The van der Waals surface area contributed by atoms with E-state index >= 15 is 0 Å². The molecule has 36 heavy (non-hydrogen) atoms. The number of thioether (sulfide) groups is 1. The van der Waals surface area contributed by atoms with Crippen LogP contribution < -0.4 is 15.8 Å². The predicted octanol–water partition coefficient (Wildman–Crippen LogP) is 4.68. The fourth-order valence-electron chi connectivity index (χ4n) is 4.19. The number of amides is 2. The molecule has 0 fully saturated rings. The summed E-state index contributed by atoms with van der Waals surface area (Å²) in [5.41, 5.74) is 9.48. The first kappa shape index (κ1) is 26.0. The molecular formula is C26H31N5O3S2. The van der Waals surface area contributed by atoms with Gasteiger partial charge in [0.2, 0.25) is 5.91 Å². The van der Waals surface area contributed by atoms with Gasteiger partial charge in [0, 0.05) is 11.4 Å². The van der Waals surface area contributed by atoms with Gasteiger partial charge in [-0.15, -0.1) is 28.1 Å². The number of nitrogens with zero attached hydrogens (tertiary/aromatic N) is 3. The lowest BCUT2D eigenvalue weighted by Crippen LogP contribution is -2.20. The summed E-state index contributed by atoms with van der Waals surface area (Å²) in [6.45, 7) is 10.9. The van der Waals surface area contributed by atoms with Gasteiger partial charge in [-0.3, -0.25) is 14.2 Å². The third kappa shape index (κ3) is 5.82. The number of aromatic nitrogens is 3. The second kappa shape index (κ2) is 11.3. The van der Waals surface area contributed by atoms with Crippen molar-refractivity contribution >= 4 is 39.9 Å². The first-order valence-corrected chi connectivity index (χ1v) is 13.7. The maximum absolute atomic E-state index is 12.8. The molecule has 2 aromatic heterocycles. The van der Waals surface area contributed by atoms with Crippen LogP contribution in [0.2, 0.25) is 0 Å². The van der Waals surface area contributed by atoms with Crippen LogP contribution in [0.25, 0.3) is 0 Å². The Labute approximate surface area is 219 Å². The van der Waals surface area contributed by atoms with Crippen LogP contribution in [0.4, 0.5) is 5.00 Å². The Kier molecular flexibility index (Phi) is 8.15. The van der Waals surface area contributed by atoms with E-state index in [1.54, 1.807) is 6.08 Å². The number of benzene rings is 1. The average Bonchev–Trinajstić information content (AvgIpc) is 3.38. The molecule has 10 heteroatoms. The van der Waals surface area contributed by atoms with Crippen molar-refractivity contribution in [2.45, 2.75) is 58.3 Å². The highest BCUT2D eigenvalue weighted by Gasteiger charge is 2.27. The van der Waals surface area contributed by atoms with E-state index in [9.17, 15) is 9.59 Å². The molecule has 3 N–H and O–H groups in total. The number of allylic oxidation sites excluding steroid dienone is 1. The van der Waals surface area contributed by atoms with Crippen LogP contribution in [-0.2, 0) is 30.8 Å². The minimum Gasteiger partial charge on any atom is -0.486 e. The summed E-state index contributed by atoms with van der Waals surface area (Å²) < 4.78 is 7.81. The van der Waals surface area contributed by atoms with E-state index < -0.39 is 5.91 Å². The number of aryl methyl sites for hydroxylation is 2. The third-order valence-corrected chi connectivity index (χ3v) is 8.43. The van der Waals surface area contributed by atoms with E-state index in [0.717, 1.165) is 41.0 Å². The molecule has 1 aliphatic rings. The van der Waals surface area contributed by atoms with Crippen LogP contribution >= 0.6 is 23.1 Å². The molecule has 2 heterocycles. The molecule has 3 aromatic rings. The van der Waals surface area contributed by atoms with Crippen molar-refractivity contribution in [3.05, 3.63) is 63.8 Å². The summed E-state index contributed by atoms with van der Waals surface area (Å²) >= 11 is 2.73. The Balaban J connectivity index is 1.42. The minimum atomic E-state index is -0.496. The van der Waals surface area contributed by atoms with E-state index in [0.29, 0.717) is 34.0 Å². The molecule has 2 amide bonds. The summed E-state index contributed by atoms with van der Waals surface area (Å²) in [4.78, 5) is 26.1. The zero-order valence-electron chi connectivity index (χ0n) is 20.8. The Hall–Kier alpha value is -3.11. The van der Waals surface area contributed by atoms with Crippen molar-refractivity contribution in [2.75, 3.05) is 11.1 Å². The maximum atomic E-state index is 12.8. The van der Waals surface area contributed by atoms with Gasteiger partial charge in [0.1, 0.15) is 17.4 Å². The summed E-state index contributed by atoms with van der Waals surface area (Å²) in [7, 11) is 0. The maximum Gasteiger partial charge on any atom is 0.251 e. The van der Waals surface area contributed by atoms with Gasteiger partial charge in [0.25, 0.3) is 5.91 Å². The largest absolute Gasteiger partial charge is 0.486 e. The summed E-state index contributed by atoms with van der Waals surface area (Å²) in [6.07, 6.45) is 4.49. The van der Waals surface area contributed by atoms with Crippen LogP contribution in [0.3, 0.4) is 0 Å². The number of thiophene rings is 1. The number of hydrogen-bond donors (Lipinski definition) is 2. The summed E-state index contributed by atoms with van der Waals surface area (Å²) in [6, 6.07) is 5.94. The number of hydrogen-bond acceptors (Lipinski definition) is 7. The number of fused-ring (bicyclic) bond motifs is 1. The highest BCUT2D eigenvalue weighted by atomic mass is 32.2. The minimum absolute atomic E-state index is 0.116. The second-order valence-corrected chi connectivity index (χ2v) is 11.1. The fourth-order valence-corrected chi connectivity index (χ4v) is 6.39. The predicted molar refractivity (Wildman–Crippen MR) is 144 cm³/mol. The SMILES string of the molecule is C=CCn1c(COc2ccc(C)c(C)c2)nnc1SCC(=O)Nc1sc2c(c1C(N)=O)CCC(C)C2. The molecule has 0 bridgehead atoms. The third-order valence-electron chi connectivity index (χ3n) is 6.29. The van der Waals surface area contributed by atoms with Gasteiger partial charge >= 0.3 is 0 Å². The smallest absolute Gasteiger partial charge is 0.251 e. The van der Waals surface area contributed by atoms with Crippen LogP contribution in [0, 0.1) is 19.8 Å². The number of rotatable bonds is 10. The lowest BCUT2D eigenvalue weighted by atomic mass is 9.88. The highest BCUT2D eigenvalue weighted by Crippen LogP contribution is 2.39. The monoisotopic (exact) mass is 525 g/mol. The highest BCUT2D eigenvalue weighted by molar-refractivity contribution is 7.99. The quantitative estimate of drug-likeness (QED) is 0.294. The Bertz CT molecular complexity index is 1300. The van der Waals surface area contributed by atoms with Crippen LogP contribution in [0.1, 0.15) is 51.1 Å². The van der Waals surface area contributed by atoms with E-state index in [1.165, 1.54) is 28.7 Å². The molecule has 8 nitrogen and oxygen atoms in total. The zero-order valence-corrected chi connectivity index (χ0v) is 22.4. The molecule has 0 radical (unpaired) electrons. The first-order valence-electron chi connectivity index (χ1n) is 11.9. The summed E-state index contributed by atoms with van der Waals surface area (Å²) in [5, 5.41) is 12.6. The average molecular weight is 526 g/mol. The van der Waals surface area contributed by atoms with Crippen molar-refractivity contribution in [1.29, 1.82) is 0 Å². The van der Waals surface area contributed by atoms with Crippen molar-refractivity contribution in [3.63, 3.8) is 0 Å². The number of ether oxygens (including phenoxy) is 1. The van der Waals surface area contributed by atoms with Gasteiger partial charge in [0.05, 0.1) is 11.3 Å². The number of primary amides is 1. The molecule has 1 aliphatic carbocycles. The van der Waals surface area contributed by atoms with Crippen molar-refractivity contribution < 1.29 is 14.3 Å². The Morgan fingerprint density at radius 3 is 2.86 bits per heavy atom. The molecular weight excluding hydrogens is 494 g/mol. The van der Waals surface area contributed by atoms with E-state index in [1.807, 2.05) is 29.7 Å². The van der Waals surface area contributed by atoms with Crippen LogP contribution in [0.15, 0.2) is 36.0 Å². The van der Waals surface area contributed by atoms with E-state index in [4.69, 9.17) is 10.5 Å². The Morgan fingerprint density at radius 1 is 1.33 bits per heavy atom. The fraction of sp³-hybridized carbons (Fsp3) is 0.385. The summed E-state index contributed by atoms with van der Waals surface area (Å²) in [5.74, 6) is 1.36. The topological polar surface area (TPSA) is 112 Å². The van der Waals surface area contributed by atoms with Gasteiger partial charge in [-0.25, -0.2) is 0 Å². The zero-order chi connectivity index (χ0) is 25.8. The van der Waals surface area contributed by atoms with Gasteiger partial charge in [-0.2, -0.15) is 0 Å². The number of nitrogens with two attached hydrogens (primary N) is 1. The first-order chi connectivity index (χ1) is 17.3. The van der Waals surface area contributed by atoms with Gasteiger partial charge in [0.15, 0.2) is 11.0 Å². The molecule has 1 aromatic carbocycles. The number of nitrogens with one attached hydrogen (secondary N) is 1. The van der Waals surface area contributed by atoms with E-state index in [2.05, 4.69) is 35.9 Å². The molecule has 4 rings (SSSR count). The lowest BCUT2D eigenvalue weighted by Gasteiger charge is -2.18. The molecule has 0 saturated carbocycles. The molecule has 0 spiro atoms. The molecule has 1 unspecified atom stereocenters. The van der Waals surface area contributed by atoms with E-state index in [-0.39, 0.29) is 18.3 Å². The number of carbonyl (C=O) groups is 2. The second-order valence-electron chi connectivity index (χ2n) is 9.09. The molecule has 1 atom stereocenters. The lowest BCUT2D eigenvalue weighted by molar-refractivity contribution is -0.113. The normalized spacial score (nSPS) is 14.8. The van der Waals surface area contributed by atoms with Crippen LogP contribution in [0.5, 0.6) is 5.75 Å². The van der Waals surface area contributed by atoms with Gasteiger partial charge in [-0.1, -0.05) is 30.8 Å². The molecule has 0 aliphatic heterocycles. The van der Waals surface area contributed by atoms with Crippen LogP contribution in [-0.4, -0.2) is 32.3 Å². The van der Waals surface area contributed by atoms with Gasteiger partial charge in [-0.05, 0) is 67.9 Å². The van der Waals surface area contributed by atoms with Crippen molar-refractivity contribution in [3.8, 4) is 5.75 Å².